The van der Waals surface area contributed by atoms with Gasteiger partial charge in [0, 0.05) is 5.56 Å². The monoisotopic (exact) mass is 443 g/mol. The number of halogens is 1. The third-order valence-corrected chi connectivity index (χ3v) is 5.61. The van der Waals surface area contributed by atoms with Gasteiger partial charge in [0.2, 0.25) is 0 Å². The van der Waals surface area contributed by atoms with Gasteiger partial charge in [-0.1, -0.05) is 67.9 Å². The standard InChI is InChI=1S/C24H16ClN3O2.C2H6/c1-14-7-6-12-19-21(14)27-20(22(26-19)17-10-4-5-11-18(17)25)13-28-23(29)15-8-2-3-9-16(15)24(28)30;1-2/h2-12H,13H2,1H3;1-2H3. The molecule has 0 saturated carbocycles. The summed E-state index contributed by atoms with van der Waals surface area (Å²) in [7, 11) is 0. The maximum Gasteiger partial charge on any atom is 0.261 e. The molecule has 0 fully saturated rings. The molecule has 0 spiro atoms. The number of aryl methyl sites for hydroxylation is 1. The molecule has 4 aromatic rings. The Morgan fingerprint density at radius 2 is 1.38 bits per heavy atom. The Balaban J connectivity index is 0.00000119. The average Bonchev–Trinajstić information content (AvgIpc) is 3.06. The van der Waals surface area contributed by atoms with Crippen molar-refractivity contribution in [3.63, 3.8) is 0 Å². The second kappa shape index (κ2) is 8.89. The number of para-hydroxylation sites is 1. The summed E-state index contributed by atoms with van der Waals surface area (Å²) in [4.78, 5) is 36.6. The van der Waals surface area contributed by atoms with E-state index >= 15 is 0 Å². The minimum atomic E-state index is -0.326. The van der Waals surface area contributed by atoms with E-state index in [2.05, 4.69) is 0 Å². The zero-order chi connectivity index (χ0) is 22.8. The van der Waals surface area contributed by atoms with Crippen molar-refractivity contribution in [3.8, 4) is 11.3 Å². The quantitative estimate of drug-likeness (QED) is 0.360. The molecule has 1 aliphatic heterocycles. The van der Waals surface area contributed by atoms with E-state index < -0.39 is 0 Å². The van der Waals surface area contributed by atoms with Crippen molar-refractivity contribution in [1.29, 1.82) is 0 Å². The topological polar surface area (TPSA) is 63.2 Å². The van der Waals surface area contributed by atoms with E-state index in [1.165, 1.54) is 4.90 Å². The number of nitrogens with zero attached hydrogens (tertiary/aromatic N) is 3. The highest BCUT2D eigenvalue weighted by molar-refractivity contribution is 6.33. The Morgan fingerprint density at radius 3 is 2.00 bits per heavy atom. The molecule has 0 unspecified atom stereocenters. The van der Waals surface area contributed by atoms with Gasteiger partial charge in [-0.3, -0.25) is 14.5 Å². The van der Waals surface area contributed by atoms with Gasteiger partial charge < -0.3 is 0 Å². The smallest absolute Gasteiger partial charge is 0.261 e. The Morgan fingerprint density at radius 1 is 0.781 bits per heavy atom. The van der Waals surface area contributed by atoms with E-state index in [1.807, 2.05) is 57.2 Å². The lowest BCUT2D eigenvalue weighted by atomic mass is 10.1. The summed E-state index contributed by atoms with van der Waals surface area (Å²) in [5, 5.41) is 0.530. The largest absolute Gasteiger partial charge is 0.269 e. The summed E-state index contributed by atoms with van der Waals surface area (Å²) in [6.07, 6.45) is 0. The molecule has 5 nitrogen and oxygen atoms in total. The Bertz CT molecular complexity index is 1320. The van der Waals surface area contributed by atoms with Crippen molar-refractivity contribution in [2.75, 3.05) is 0 Å². The van der Waals surface area contributed by atoms with Crippen LogP contribution >= 0.6 is 11.6 Å². The van der Waals surface area contributed by atoms with E-state index in [9.17, 15) is 9.59 Å². The second-order valence-corrected chi connectivity index (χ2v) is 7.59. The zero-order valence-corrected chi connectivity index (χ0v) is 18.8. The molecule has 1 aromatic heterocycles. The molecule has 0 aliphatic carbocycles. The average molecular weight is 444 g/mol. The maximum absolute atomic E-state index is 12.9. The van der Waals surface area contributed by atoms with E-state index in [0.717, 1.165) is 16.6 Å². The second-order valence-electron chi connectivity index (χ2n) is 7.18. The lowest BCUT2D eigenvalue weighted by Crippen LogP contribution is -2.30. The minimum absolute atomic E-state index is 0.0180. The van der Waals surface area contributed by atoms with E-state index in [0.29, 0.717) is 33.1 Å². The number of fused-ring (bicyclic) bond motifs is 2. The number of amides is 2. The van der Waals surface area contributed by atoms with Crippen LogP contribution < -0.4 is 0 Å². The van der Waals surface area contributed by atoms with Crippen LogP contribution in [-0.2, 0) is 6.54 Å². The molecule has 160 valence electrons. The van der Waals surface area contributed by atoms with Crippen LogP contribution in [0.4, 0.5) is 0 Å². The molecule has 5 rings (SSSR count). The highest BCUT2D eigenvalue weighted by Gasteiger charge is 2.36. The number of imide groups is 1. The third kappa shape index (κ3) is 3.65. The minimum Gasteiger partial charge on any atom is -0.269 e. The van der Waals surface area contributed by atoms with Crippen LogP contribution in [0.1, 0.15) is 45.8 Å². The van der Waals surface area contributed by atoms with Gasteiger partial charge in [0.15, 0.2) is 0 Å². The van der Waals surface area contributed by atoms with Gasteiger partial charge in [-0.05, 0) is 36.8 Å². The number of carbonyl (C=O) groups excluding carboxylic acids is 2. The molecular weight excluding hydrogens is 422 g/mol. The van der Waals surface area contributed by atoms with Crippen LogP contribution in [0.25, 0.3) is 22.3 Å². The lowest BCUT2D eigenvalue weighted by molar-refractivity contribution is 0.0640. The highest BCUT2D eigenvalue weighted by atomic mass is 35.5. The van der Waals surface area contributed by atoms with Crippen LogP contribution in [0.2, 0.25) is 5.02 Å². The normalized spacial score (nSPS) is 12.6. The van der Waals surface area contributed by atoms with Crippen LogP contribution in [-0.4, -0.2) is 26.7 Å². The number of hydrogen-bond donors (Lipinski definition) is 0. The first kappa shape index (κ1) is 21.7. The van der Waals surface area contributed by atoms with Crippen LogP contribution in [0, 0.1) is 6.92 Å². The molecule has 0 radical (unpaired) electrons. The summed E-state index contributed by atoms with van der Waals surface area (Å²) in [5.41, 5.74) is 5.06. The van der Waals surface area contributed by atoms with E-state index in [-0.39, 0.29) is 18.4 Å². The number of hydrogen-bond acceptors (Lipinski definition) is 4. The van der Waals surface area contributed by atoms with E-state index in [1.54, 1.807) is 30.3 Å². The first-order valence-corrected chi connectivity index (χ1v) is 10.9. The summed E-state index contributed by atoms with van der Waals surface area (Å²) in [5.74, 6) is -0.653. The molecular formula is C26H22ClN3O2. The Hall–Kier alpha value is -3.57. The van der Waals surface area contributed by atoms with Crippen molar-refractivity contribution in [1.82, 2.24) is 14.9 Å². The fraction of sp³-hybridized carbons (Fsp3) is 0.154. The maximum atomic E-state index is 12.9. The predicted molar refractivity (Wildman–Crippen MR) is 127 cm³/mol. The van der Waals surface area contributed by atoms with Crippen molar-refractivity contribution < 1.29 is 9.59 Å². The molecule has 2 amide bonds. The van der Waals surface area contributed by atoms with Gasteiger partial charge in [-0.2, -0.15) is 0 Å². The van der Waals surface area contributed by atoms with Crippen LogP contribution in [0.15, 0.2) is 66.7 Å². The molecule has 0 atom stereocenters. The van der Waals surface area contributed by atoms with Gasteiger partial charge >= 0.3 is 0 Å². The molecule has 0 bridgehead atoms. The van der Waals surface area contributed by atoms with Crippen LogP contribution in [0.5, 0.6) is 0 Å². The summed E-state index contributed by atoms with van der Waals surface area (Å²) in [6.45, 7) is 5.97. The molecule has 2 heterocycles. The number of benzene rings is 3. The fourth-order valence-electron chi connectivity index (χ4n) is 3.76. The van der Waals surface area contributed by atoms with E-state index in [4.69, 9.17) is 21.6 Å². The Labute approximate surface area is 191 Å². The molecule has 3 aromatic carbocycles. The number of carbonyl (C=O) groups is 2. The van der Waals surface area contributed by atoms with Gasteiger partial charge in [-0.15, -0.1) is 0 Å². The van der Waals surface area contributed by atoms with Crippen molar-refractivity contribution in [2.24, 2.45) is 0 Å². The molecule has 1 aliphatic rings. The molecule has 6 heteroatoms. The van der Waals surface area contributed by atoms with Gasteiger partial charge in [0.05, 0.1) is 45.1 Å². The summed E-state index contributed by atoms with van der Waals surface area (Å²) >= 11 is 6.44. The zero-order valence-electron chi connectivity index (χ0n) is 18.1. The number of aromatic nitrogens is 2. The highest BCUT2D eigenvalue weighted by Crippen LogP contribution is 2.32. The number of rotatable bonds is 3. The Kier molecular flexibility index (Phi) is 6.01. The third-order valence-electron chi connectivity index (χ3n) is 5.28. The SMILES string of the molecule is CC.Cc1cccc2nc(-c3ccccc3Cl)c(CN3C(=O)c4ccccc4C3=O)nc12. The van der Waals surface area contributed by atoms with Gasteiger partial charge in [0.1, 0.15) is 0 Å². The van der Waals surface area contributed by atoms with Crippen molar-refractivity contribution in [3.05, 3.63) is 94.1 Å². The van der Waals surface area contributed by atoms with Crippen molar-refractivity contribution in [2.45, 2.75) is 27.3 Å². The molecule has 0 saturated heterocycles. The van der Waals surface area contributed by atoms with Gasteiger partial charge in [0.25, 0.3) is 11.8 Å². The first-order chi connectivity index (χ1) is 15.5. The molecule has 32 heavy (non-hydrogen) atoms. The lowest BCUT2D eigenvalue weighted by Gasteiger charge is -2.17. The summed E-state index contributed by atoms with van der Waals surface area (Å²) < 4.78 is 0. The van der Waals surface area contributed by atoms with Crippen LogP contribution in [0.3, 0.4) is 0 Å². The predicted octanol–water partition coefficient (Wildman–Crippen LogP) is 6.08. The first-order valence-electron chi connectivity index (χ1n) is 10.5. The summed E-state index contributed by atoms with van der Waals surface area (Å²) in [6, 6.07) is 20.0. The van der Waals surface area contributed by atoms with Gasteiger partial charge in [-0.25, -0.2) is 9.97 Å². The van der Waals surface area contributed by atoms with Crippen molar-refractivity contribution >= 4 is 34.4 Å². The fourth-order valence-corrected chi connectivity index (χ4v) is 3.99. The molecule has 0 N–H and O–H groups in total.